The standard InChI is InChI=1S/C13H24N2O2S2/c1-9-12(7-11(8-14)18-9)19(16,17)15(6)10(2)13(3,4)5/h7,10H,8,14H2,1-6H3. The number of rotatable bonds is 4. The lowest BCUT2D eigenvalue weighted by Gasteiger charge is -2.34. The third-order valence-electron chi connectivity index (χ3n) is 3.58. The van der Waals surface area contributed by atoms with Gasteiger partial charge in [-0.3, -0.25) is 0 Å². The van der Waals surface area contributed by atoms with Crippen molar-refractivity contribution in [2.75, 3.05) is 7.05 Å². The zero-order chi connectivity index (χ0) is 15.0. The number of aryl methyl sites for hydroxylation is 1. The zero-order valence-corrected chi connectivity index (χ0v) is 14.2. The lowest BCUT2D eigenvalue weighted by atomic mass is 9.88. The third-order valence-corrected chi connectivity index (χ3v) is 6.84. The maximum absolute atomic E-state index is 12.7. The van der Waals surface area contributed by atoms with Crippen LogP contribution in [0.1, 0.15) is 37.4 Å². The molecule has 0 aliphatic carbocycles. The van der Waals surface area contributed by atoms with Crippen LogP contribution in [0.15, 0.2) is 11.0 Å². The average Bonchev–Trinajstić information content (AvgIpc) is 2.68. The highest BCUT2D eigenvalue weighted by Crippen LogP contribution is 2.31. The summed E-state index contributed by atoms with van der Waals surface area (Å²) < 4.78 is 26.8. The number of hydrogen-bond acceptors (Lipinski definition) is 4. The summed E-state index contributed by atoms with van der Waals surface area (Å²) in [6.07, 6.45) is 0. The van der Waals surface area contributed by atoms with E-state index in [1.54, 1.807) is 13.1 Å². The van der Waals surface area contributed by atoms with Crippen LogP contribution in [0.5, 0.6) is 0 Å². The lowest BCUT2D eigenvalue weighted by molar-refractivity contribution is 0.216. The summed E-state index contributed by atoms with van der Waals surface area (Å²) in [7, 11) is -1.81. The van der Waals surface area contributed by atoms with Crippen LogP contribution in [0.2, 0.25) is 0 Å². The molecule has 1 aromatic rings. The second kappa shape index (κ2) is 5.52. The SMILES string of the molecule is Cc1sc(CN)cc1S(=O)(=O)N(C)C(C)C(C)(C)C. The topological polar surface area (TPSA) is 63.4 Å². The van der Waals surface area contributed by atoms with Crippen molar-refractivity contribution in [3.63, 3.8) is 0 Å². The minimum Gasteiger partial charge on any atom is -0.326 e. The van der Waals surface area contributed by atoms with Crippen LogP contribution >= 0.6 is 11.3 Å². The fraction of sp³-hybridized carbons (Fsp3) is 0.692. The first-order chi connectivity index (χ1) is 8.51. The molecule has 0 aliphatic rings. The molecule has 0 aromatic carbocycles. The molecule has 1 heterocycles. The molecule has 1 atom stereocenters. The molecule has 1 unspecified atom stereocenters. The van der Waals surface area contributed by atoms with Crippen molar-refractivity contribution in [1.29, 1.82) is 0 Å². The van der Waals surface area contributed by atoms with E-state index >= 15 is 0 Å². The van der Waals surface area contributed by atoms with Gasteiger partial charge < -0.3 is 5.73 Å². The van der Waals surface area contributed by atoms with E-state index in [0.717, 1.165) is 9.75 Å². The van der Waals surface area contributed by atoms with Crippen molar-refractivity contribution in [1.82, 2.24) is 4.31 Å². The number of hydrogen-bond donors (Lipinski definition) is 1. The van der Waals surface area contributed by atoms with E-state index in [4.69, 9.17) is 5.73 Å². The van der Waals surface area contributed by atoms with Crippen molar-refractivity contribution in [3.8, 4) is 0 Å². The maximum Gasteiger partial charge on any atom is 0.244 e. The number of sulfonamides is 1. The van der Waals surface area contributed by atoms with Gasteiger partial charge in [-0.2, -0.15) is 4.31 Å². The average molecular weight is 304 g/mol. The summed E-state index contributed by atoms with van der Waals surface area (Å²) in [5, 5.41) is 0. The third kappa shape index (κ3) is 3.37. The molecule has 1 aromatic heterocycles. The molecule has 0 saturated heterocycles. The van der Waals surface area contributed by atoms with Gasteiger partial charge in [-0.1, -0.05) is 20.8 Å². The van der Waals surface area contributed by atoms with Gasteiger partial charge in [0.1, 0.15) is 0 Å². The molecule has 19 heavy (non-hydrogen) atoms. The molecule has 2 N–H and O–H groups in total. The summed E-state index contributed by atoms with van der Waals surface area (Å²) in [6.45, 7) is 10.2. The van der Waals surface area contributed by atoms with E-state index in [1.807, 2.05) is 34.6 Å². The van der Waals surface area contributed by atoms with Gasteiger partial charge in [-0.05, 0) is 25.3 Å². The number of nitrogens with two attached hydrogens (primary N) is 1. The van der Waals surface area contributed by atoms with Gasteiger partial charge in [0.2, 0.25) is 10.0 Å². The van der Waals surface area contributed by atoms with Gasteiger partial charge in [0.25, 0.3) is 0 Å². The van der Waals surface area contributed by atoms with Gasteiger partial charge in [0, 0.05) is 29.4 Å². The van der Waals surface area contributed by atoms with Crippen molar-refractivity contribution in [2.45, 2.75) is 52.1 Å². The Morgan fingerprint density at radius 2 is 1.95 bits per heavy atom. The summed E-state index contributed by atoms with van der Waals surface area (Å²) >= 11 is 1.45. The van der Waals surface area contributed by atoms with Crippen molar-refractivity contribution in [3.05, 3.63) is 15.8 Å². The van der Waals surface area contributed by atoms with Crippen LogP contribution in [0.3, 0.4) is 0 Å². The molecule has 6 heteroatoms. The molecule has 1 rings (SSSR count). The second-order valence-electron chi connectivity index (χ2n) is 5.90. The van der Waals surface area contributed by atoms with Crippen molar-refractivity contribution in [2.24, 2.45) is 11.1 Å². The summed E-state index contributed by atoms with van der Waals surface area (Å²) in [6, 6.07) is 1.61. The van der Waals surface area contributed by atoms with Crippen molar-refractivity contribution >= 4 is 21.4 Å². The minimum atomic E-state index is -3.45. The molecule has 0 bridgehead atoms. The van der Waals surface area contributed by atoms with Crippen LogP contribution < -0.4 is 5.73 Å². The first-order valence-electron chi connectivity index (χ1n) is 6.29. The fourth-order valence-corrected chi connectivity index (χ4v) is 4.82. The van der Waals surface area contributed by atoms with Crippen LogP contribution in [0.25, 0.3) is 0 Å². The minimum absolute atomic E-state index is 0.0851. The van der Waals surface area contributed by atoms with Gasteiger partial charge in [0.05, 0.1) is 4.90 Å². The molecule has 4 nitrogen and oxygen atoms in total. The Morgan fingerprint density at radius 3 is 2.32 bits per heavy atom. The zero-order valence-electron chi connectivity index (χ0n) is 12.5. The van der Waals surface area contributed by atoms with E-state index in [1.165, 1.54) is 15.6 Å². The fourth-order valence-electron chi connectivity index (χ4n) is 1.79. The predicted octanol–water partition coefficient (Wildman–Crippen LogP) is 2.57. The Kier molecular flexibility index (Phi) is 4.83. The highest BCUT2D eigenvalue weighted by Gasteiger charge is 2.33. The Morgan fingerprint density at radius 1 is 1.42 bits per heavy atom. The van der Waals surface area contributed by atoms with Crippen LogP contribution in [-0.4, -0.2) is 25.8 Å². The monoisotopic (exact) mass is 304 g/mol. The Bertz CT molecular complexity index is 541. The molecule has 0 radical (unpaired) electrons. The van der Waals surface area contributed by atoms with E-state index < -0.39 is 10.0 Å². The lowest BCUT2D eigenvalue weighted by Crippen LogP contribution is -2.42. The quantitative estimate of drug-likeness (QED) is 0.930. The highest BCUT2D eigenvalue weighted by molar-refractivity contribution is 7.89. The first-order valence-corrected chi connectivity index (χ1v) is 8.55. The summed E-state index contributed by atoms with van der Waals surface area (Å²) in [4.78, 5) is 2.08. The molecular formula is C13H24N2O2S2. The van der Waals surface area contributed by atoms with E-state index in [0.29, 0.717) is 11.4 Å². The van der Waals surface area contributed by atoms with Gasteiger partial charge in [0.15, 0.2) is 0 Å². The van der Waals surface area contributed by atoms with Gasteiger partial charge in [-0.15, -0.1) is 11.3 Å². The molecule has 0 aliphatic heterocycles. The first kappa shape index (κ1) is 16.6. The molecule has 110 valence electrons. The van der Waals surface area contributed by atoms with E-state index in [2.05, 4.69) is 0 Å². The number of nitrogens with zero attached hydrogens (tertiary/aromatic N) is 1. The number of thiophene rings is 1. The summed E-state index contributed by atoms with van der Waals surface area (Å²) in [5.74, 6) is 0. The van der Waals surface area contributed by atoms with E-state index in [9.17, 15) is 8.42 Å². The van der Waals surface area contributed by atoms with Crippen LogP contribution in [0, 0.1) is 12.3 Å². The maximum atomic E-state index is 12.7. The molecule has 0 spiro atoms. The summed E-state index contributed by atoms with van der Waals surface area (Å²) in [5.41, 5.74) is 5.47. The second-order valence-corrected chi connectivity index (χ2v) is 9.21. The van der Waals surface area contributed by atoms with Crippen LogP contribution in [-0.2, 0) is 16.6 Å². The normalized spacial score (nSPS) is 14.9. The predicted molar refractivity (Wildman–Crippen MR) is 80.8 cm³/mol. The largest absolute Gasteiger partial charge is 0.326 e. The highest BCUT2D eigenvalue weighted by atomic mass is 32.2. The Labute approximate surface area is 120 Å². The Hall–Kier alpha value is -0.430. The smallest absolute Gasteiger partial charge is 0.244 e. The van der Waals surface area contributed by atoms with Crippen molar-refractivity contribution < 1.29 is 8.42 Å². The van der Waals surface area contributed by atoms with Gasteiger partial charge >= 0.3 is 0 Å². The molecule has 0 saturated carbocycles. The van der Waals surface area contributed by atoms with Crippen LogP contribution in [0.4, 0.5) is 0 Å². The molecule has 0 fully saturated rings. The van der Waals surface area contributed by atoms with E-state index in [-0.39, 0.29) is 11.5 Å². The Balaban J connectivity index is 3.20. The van der Waals surface area contributed by atoms with Gasteiger partial charge in [-0.25, -0.2) is 8.42 Å². The molecular weight excluding hydrogens is 280 g/mol. The molecule has 0 amide bonds.